The predicted molar refractivity (Wildman–Crippen MR) is 140 cm³/mol. The number of nitrogens with two attached hydrogens (primary N) is 1. The van der Waals surface area contributed by atoms with Crippen LogP contribution in [0.3, 0.4) is 0 Å². The maximum atomic E-state index is 15.4. The molecule has 4 aromatic heterocycles. The number of nitrogens with one attached hydrogen (secondary N) is 1. The number of primary amides is 1. The van der Waals surface area contributed by atoms with E-state index in [1.165, 1.54) is 6.20 Å². The molecule has 0 bridgehead atoms. The molecule has 2 atom stereocenters. The highest BCUT2D eigenvalue weighted by Crippen LogP contribution is 2.32. The molecule has 1 saturated heterocycles. The number of nitrogens with zero attached hydrogens (tertiary/aromatic N) is 7. The van der Waals surface area contributed by atoms with E-state index in [1.54, 1.807) is 27.7 Å². The molecule has 0 unspecified atom stereocenters. The molecule has 0 aliphatic carbocycles. The molecule has 0 radical (unpaired) electrons. The van der Waals surface area contributed by atoms with Gasteiger partial charge in [0, 0.05) is 29.9 Å². The number of benzene rings is 1. The zero-order chi connectivity index (χ0) is 26.2. The topological polar surface area (TPSA) is 138 Å². The number of carbonyl (C=O) groups excluding carboxylic acids is 1. The molecule has 188 valence electrons. The highest BCUT2D eigenvalue weighted by Gasteiger charge is 2.31. The number of anilines is 2. The number of hydrogen-bond acceptors (Lipinski definition) is 8. The fraction of sp³-hybridized carbons (Fsp3) is 0.185. The van der Waals surface area contributed by atoms with Crippen molar-refractivity contribution in [2.24, 2.45) is 5.73 Å². The predicted octanol–water partition coefficient (Wildman–Crippen LogP) is 3.34. The number of halogens is 1. The van der Waals surface area contributed by atoms with Gasteiger partial charge in [-0.2, -0.15) is 10.4 Å². The monoisotopic (exact) mass is 507 g/mol. The number of piperidine rings is 1. The number of amides is 1. The lowest BCUT2D eigenvalue weighted by molar-refractivity contribution is 0.100. The average Bonchev–Trinajstić information content (AvgIpc) is 3.39. The van der Waals surface area contributed by atoms with Crippen LogP contribution in [0.5, 0.6) is 0 Å². The zero-order valence-corrected chi connectivity index (χ0v) is 20.1. The van der Waals surface area contributed by atoms with Crippen molar-refractivity contribution in [1.29, 1.82) is 5.26 Å². The van der Waals surface area contributed by atoms with Gasteiger partial charge in [-0.1, -0.05) is 12.1 Å². The lowest BCUT2D eigenvalue weighted by atomic mass is 10.0. The van der Waals surface area contributed by atoms with Gasteiger partial charge in [0.05, 0.1) is 41.1 Å². The fourth-order valence-corrected chi connectivity index (χ4v) is 4.82. The van der Waals surface area contributed by atoms with E-state index in [0.717, 1.165) is 22.0 Å². The molecule has 5 aromatic rings. The molecule has 0 saturated carbocycles. The standard InChI is InChI=1S/C27H22FN9O/c28-21-15-36(25-6-4-19(12-29)34-35-25)9-7-23(21)33-26-20(27(30)38)13-32-37-14-18(11-24(26)37)16-3-5-22-17(10-16)2-1-8-31-22/h1-6,8,10-11,13-14,21,23,33H,7,9,15H2,(H2,30,38)/t21-,23+/m0/s1. The number of hydrogen-bond donors (Lipinski definition) is 2. The third-order valence-corrected chi connectivity index (χ3v) is 6.80. The van der Waals surface area contributed by atoms with Crippen molar-refractivity contribution in [2.45, 2.75) is 18.6 Å². The quantitative estimate of drug-likeness (QED) is 0.369. The molecule has 1 aliphatic rings. The van der Waals surface area contributed by atoms with Crippen molar-refractivity contribution in [2.75, 3.05) is 23.3 Å². The summed E-state index contributed by atoms with van der Waals surface area (Å²) < 4.78 is 17.1. The molecule has 1 amide bonds. The minimum Gasteiger partial charge on any atom is -0.377 e. The number of carbonyl (C=O) groups is 1. The molecule has 10 nitrogen and oxygen atoms in total. The molecule has 6 rings (SSSR count). The van der Waals surface area contributed by atoms with E-state index in [-0.39, 0.29) is 17.8 Å². The van der Waals surface area contributed by atoms with E-state index in [0.29, 0.717) is 30.0 Å². The highest BCUT2D eigenvalue weighted by molar-refractivity contribution is 6.02. The van der Waals surface area contributed by atoms with Crippen LogP contribution in [0.4, 0.5) is 15.9 Å². The molecule has 5 heterocycles. The lowest BCUT2D eigenvalue weighted by Gasteiger charge is -2.36. The summed E-state index contributed by atoms with van der Waals surface area (Å²) >= 11 is 0. The van der Waals surface area contributed by atoms with Crippen molar-refractivity contribution in [1.82, 2.24) is 24.8 Å². The zero-order valence-electron chi connectivity index (χ0n) is 20.1. The normalized spacial score (nSPS) is 17.4. The molecule has 38 heavy (non-hydrogen) atoms. The van der Waals surface area contributed by atoms with Gasteiger partial charge in [0.1, 0.15) is 12.2 Å². The van der Waals surface area contributed by atoms with Crippen LogP contribution in [-0.4, -0.2) is 56.0 Å². The van der Waals surface area contributed by atoms with Gasteiger partial charge in [0.2, 0.25) is 0 Å². The second-order valence-corrected chi connectivity index (χ2v) is 9.16. The van der Waals surface area contributed by atoms with Gasteiger partial charge in [0.15, 0.2) is 11.5 Å². The minimum atomic E-state index is -1.27. The van der Waals surface area contributed by atoms with Crippen LogP contribution in [0.1, 0.15) is 22.5 Å². The maximum Gasteiger partial charge on any atom is 0.252 e. The van der Waals surface area contributed by atoms with Gasteiger partial charge >= 0.3 is 0 Å². The van der Waals surface area contributed by atoms with Crippen LogP contribution >= 0.6 is 0 Å². The Kier molecular flexibility index (Phi) is 5.76. The Morgan fingerprint density at radius 2 is 2.05 bits per heavy atom. The summed E-state index contributed by atoms with van der Waals surface area (Å²) in [7, 11) is 0. The Bertz CT molecular complexity index is 1710. The Balaban J connectivity index is 1.30. The van der Waals surface area contributed by atoms with E-state index >= 15 is 4.39 Å². The third-order valence-electron chi connectivity index (χ3n) is 6.80. The summed E-state index contributed by atoms with van der Waals surface area (Å²) in [6.45, 7) is 0.603. The first kappa shape index (κ1) is 23.3. The average molecular weight is 508 g/mol. The summed E-state index contributed by atoms with van der Waals surface area (Å²) in [5, 5.41) is 25.4. The molecular formula is C27H22FN9O. The highest BCUT2D eigenvalue weighted by atomic mass is 19.1. The van der Waals surface area contributed by atoms with E-state index in [9.17, 15) is 4.79 Å². The number of pyridine rings is 1. The van der Waals surface area contributed by atoms with Gasteiger partial charge < -0.3 is 16.0 Å². The number of alkyl halides is 1. The van der Waals surface area contributed by atoms with Crippen molar-refractivity contribution in [3.8, 4) is 17.2 Å². The number of nitriles is 1. The maximum absolute atomic E-state index is 15.4. The Morgan fingerprint density at radius 1 is 1.16 bits per heavy atom. The Morgan fingerprint density at radius 3 is 2.82 bits per heavy atom. The van der Waals surface area contributed by atoms with E-state index < -0.39 is 18.1 Å². The van der Waals surface area contributed by atoms with E-state index in [4.69, 9.17) is 11.0 Å². The summed E-state index contributed by atoms with van der Waals surface area (Å²) in [6.07, 6.45) is 4.20. The molecule has 3 N–H and O–H groups in total. The molecule has 11 heteroatoms. The summed E-state index contributed by atoms with van der Waals surface area (Å²) in [6, 6.07) is 16.3. The second-order valence-electron chi connectivity index (χ2n) is 9.16. The fourth-order valence-electron chi connectivity index (χ4n) is 4.82. The SMILES string of the molecule is N#Cc1ccc(N2CC[C@@H](Nc3c(C(N)=O)cnn4cc(-c5ccc6ncccc6c5)cc34)[C@@H](F)C2)nn1. The van der Waals surface area contributed by atoms with Crippen molar-refractivity contribution < 1.29 is 9.18 Å². The first-order valence-electron chi connectivity index (χ1n) is 12.1. The molecule has 1 fully saturated rings. The number of rotatable bonds is 5. The van der Waals surface area contributed by atoms with Crippen LogP contribution in [-0.2, 0) is 0 Å². The summed E-state index contributed by atoms with van der Waals surface area (Å²) in [5.74, 6) is -0.140. The van der Waals surface area contributed by atoms with Crippen LogP contribution in [0.15, 0.2) is 67.1 Å². The van der Waals surface area contributed by atoms with Crippen molar-refractivity contribution >= 4 is 33.8 Å². The summed E-state index contributed by atoms with van der Waals surface area (Å²) in [4.78, 5) is 18.4. The minimum absolute atomic E-state index is 0.0862. The van der Waals surface area contributed by atoms with E-state index in [1.807, 2.05) is 48.7 Å². The van der Waals surface area contributed by atoms with Gasteiger partial charge in [-0.05, 0) is 48.4 Å². The summed E-state index contributed by atoms with van der Waals surface area (Å²) in [5.41, 5.74) is 9.87. The number of aromatic nitrogens is 5. The number of fused-ring (bicyclic) bond motifs is 2. The van der Waals surface area contributed by atoms with Crippen LogP contribution in [0, 0.1) is 11.3 Å². The van der Waals surface area contributed by atoms with Gasteiger partial charge in [-0.15, -0.1) is 10.2 Å². The lowest BCUT2D eigenvalue weighted by Crippen LogP contribution is -2.48. The Labute approximate surface area is 216 Å². The smallest absolute Gasteiger partial charge is 0.252 e. The largest absolute Gasteiger partial charge is 0.377 e. The Hall–Kier alpha value is -5.11. The van der Waals surface area contributed by atoms with Gasteiger partial charge in [0.25, 0.3) is 5.91 Å². The molecule has 1 aliphatic heterocycles. The molecule has 0 spiro atoms. The van der Waals surface area contributed by atoms with Crippen molar-refractivity contribution in [3.05, 3.63) is 78.4 Å². The van der Waals surface area contributed by atoms with Crippen LogP contribution in [0.2, 0.25) is 0 Å². The first-order valence-corrected chi connectivity index (χ1v) is 12.1. The van der Waals surface area contributed by atoms with Crippen LogP contribution < -0.4 is 16.0 Å². The van der Waals surface area contributed by atoms with Crippen molar-refractivity contribution in [3.63, 3.8) is 0 Å². The van der Waals surface area contributed by atoms with Gasteiger partial charge in [-0.25, -0.2) is 8.91 Å². The second kappa shape index (κ2) is 9.40. The van der Waals surface area contributed by atoms with Gasteiger partial charge in [-0.3, -0.25) is 9.78 Å². The molecular weight excluding hydrogens is 485 g/mol. The molecule has 1 aromatic carbocycles. The third kappa shape index (κ3) is 4.22. The first-order chi connectivity index (χ1) is 18.5. The van der Waals surface area contributed by atoms with E-state index in [2.05, 4.69) is 25.6 Å². The van der Waals surface area contributed by atoms with Crippen LogP contribution in [0.25, 0.3) is 27.5 Å².